The van der Waals surface area contributed by atoms with E-state index >= 15 is 0 Å². The zero-order chi connectivity index (χ0) is 14.8. The van der Waals surface area contributed by atoms with Crippen LogP contribution in [0.3, 0.4) is 0 Å². The summed E-state index contributed by atoms with van der Waals surface area (Å²) in [5, 5.41) is 10.3. The molecule has 6 heteroatoms. The van der Waals surface area contributed by atoms with Crippen molar-refractivity contribution in [1.29, 1.82) is 0 Å². The lowest BCUT2D eigenvalue weighted by Crippen LogP contribution is -2.23. The van der Waals surface area contributed by atoms with Gasteiger partial charge in [-0.05, 0) is 30.7 Å². The Morgan fingerprint density at radius 3 is 2.30 bits per heavy atom. The van der Waals surface area contributed by atoms with Gasteiger partial charge in [-0.25, -0.2) is 0 Å². The van der Waals surface area contributed by atoms with Crippen LogP contribution in [0.25, 0.3) is 0 Å². The number of benzene rings is 1. The summed E-state index contributed by atoms with van der Waals surface area (Å²) in [6.07, 6.45) is -1.58. The van der Waals surface area contributed by atoms with Gasteiger partial charge in [0.2, 0.25) is 0 Å². The average Bonchev–Trinajstić information content (AvgIpc) is 2.84. The Hall–Kier alpha value is -1.95. The molecule has 0 bridgehead atoms. The number of alkyl halides is 3. The fraction of sp³-hybridized carbons (Fsp3) is 0.286. The maximum absolute atomic E-state index is 12.0. The van der Waals surface area contributed by atoms with E-state index in [-0.39, 0.29) is 12.2 Å². The fourth-order valence-corrected chi connectivity index (χ4v) is 1.88. The van der Waals surface area contributed by atoms with Crippen LogP contribution in [0.4, 0.5) is 13.2 Å². The number of aliphatic hydroxyl groups is 1. The van der Waals surface area contributed by atoms with Crippen molar-refractivity contribution in [2.45, 2.75) is 25.3 Å². The first-order chi connectivity index (χ1) is 9.26. The van der Waals surface area contributed by atoms with Crippen LogP contribution in [0.15, 0.2) is 47.3 Å². The summed E-state index contributed by atoms with van der Waals surface area (Å²) < 4.78 is 44.8. The molecular formula is C14H13F3O3. The molecule has 20 heavy (non-hydrogen) atoms. The lowest BCUT2D eigenvalue weighted by atomic mass is 9.91. The van der Waals surface area contributed by atoms with E-state index in [1.54, 1.807) is 13.0 Å². The van der Waals surface area contributed by atoms with Gasteiger partial charge in [-0.15, -0.1) is 13.2 Å². The van der Waals surface area contributed by atoms with E-state index in [0.29, 0.717) is 11.1 Å². The Bertz CT molecular complexity index is 542. The monoisotopic (exact) mass is 286 g/mol. The Morgan fingerprint density at radius 1 is 1.15 bits per heavy atom. The third kappa shape index (κ3) is 3.77. The molecular weight excluding hydrogens is 273 g/mol. The molecule has 2 aromatic rings. The van der Waals surface area contributed by atoms with E-state index in [0.717, 1.165) is 0 Å². The van der Waals surface area contributed by atoms with E-state index in [4.69, 9.17) is 4.42 Å². The van der Waals surface area contributed by atoms with Crippen LogP contribution < -0.4 is 4.74 Å². The molecule has 0 amide bonds. The minimum atomic E-state index is -4.70. The van der Waals surface area contributed by atoms with Crippen molar-refractivity contribution in [3.05, 3.63) is 54.0 Å². The Kier molecular flexibility index (Phi) is 3.76. The van der Waals surface area contributed by atoms with Crippen molar-refractivity contribution in [3.8, 4) is 5.75 Å². The third-order valence-corrected chi connectivity index (χ3v) is 2.85. The van der Waals surface area contributed by atoms with Crippen molar-refractivity contribution in [1.82, 2.24) is 0 Å². The largest absolute Gasteiger partial charge is 0.573 e. The minimum Gasteiger partial charge on any atom is -0.472 e. The summed E-state index contributed by atoms with van der Waals surface area (Å²) in [6, 6.07) is 7.04. The highest BCUT2D eigenvalue weighted by Gasteiger charge is 2.31. The summed E-state index contributed by atoms with van der Waals surface area (Å²) in [5.74, 6) is -0.288. The van der Waals surface area contributed by atoms with Crippen LogP contribution in [-0.4, -0.2) is 11.5 Å². The highest BCUT2D eigenvalue weighted by Crippen LogP contribution is 2.27. The molecule has 1 unspecified atom stereocenters. The molecule has 1 aromatic heterocycles. The van der Waals surface area contributed by atoms with Crippen LogP contribution in [0.1, 0.15) is 18.1 Å². The van der Waals surface area contributed by atoms with E-state index in [9.17, 15) is 18.3 Å². The number of halogens is 3. The van der Waals surface area contributed by atoms with E-state index in [1.165, 1.54) is 36.8 Å². The highest BCUT2D eigenvalue weighted by molar-refractivity contribution is 5.29. The number of furan rings is 1. The Morgan fingerprint density at radius 2 is 1.80 bits per heavy atom. The van der Waals surface area contributed by atoms with Crippen LogP contribution in [0.2, 0.25) is 0 Å². The summed E-state index contributed by atoms with van der Waals surface area (Å²) >= 11 is 0. The predicted molar refractivity (Wildman–Crippen MR) is 65.1 cm³/mol. The van der Waals surface area contributed by atoms with Gasteiger partial charge in [0.05, 0.1) is 18.1 Å². The summed E-state index contributed by atoms with van der Waals surface area (Å²) in [5.41, 5.74) is 0.137. The van der Waals surface area contributed by atoms with Gasteiger partial charge in [0.25, 0.3) is 0 Å². The quantitative estimate of drug-likeness (QED) is 0.933. The molecule has 1 aromatic carbocycles. The summed E-state index contributed by atoms with van der Waals surface area (Å²) in [7, 11) is 0. The standard InChI is InChI=1S/C14H13F3O3/c1-13(18,11-6-7-19-9-11)8-10-2-4-12(5-3-10)20-14(15,16)17/h2-7,9,18H,8H2,1H3. The molecule has 0 aliphatic rings. The molecule has 1 atom stereocenters. The number of hydrogen-bond donors (Lipinski definition) is 1. The van der Waals surface area contributed by atoms with Crippen LogP contribution >= 0.6 is 0 Å². The van der Waals surface area contributed by atoms with Crippen molar-refractivity contribution in [2.75, 3.05) is 0 Å². The van der Waals surface area contributed by atoms with Gasteiger partial charge in [-0.1, -0.05) is 12.1 Å². The van der Waals surface area contributed by atoms with Gasteiger partial charge >= 0.3 is 6.36 Å². The molecule has 0 aliphatic carbocycles. The summed E-state index contributed by atoms with van der Waals surface area (Å²) in [6.45, 7) is 1.61. The SMILES string of the molecule is CC(O)(Cc1ccc(OC(F)(F)F)cc1)c1ccoc1. The normalized spacial score (nSPS) is 14.8. The molecule has 0 spiro atoms. The smallest absolute Gasteiger partial charge is 0.472 e. The number of ether oxygens (including phenoxy) is 1. The Balaban J connectivity index is 2.08. The second-order valence-corrected chi connectivity index (χ2v) is 4.65. The molecule has 0 aliphatic heterocycles. The molecule has 3 nitrogen and oxygen atoms in total. The topological polar surface area (TPSA) is 42.6 Å². The van der Waals surface area contributed by atoms with E-state index in [1.807, 2.05) is 0 Å². The maximum atomic E-state index is 12.0. The van der Waals surface area contributed by atoms with Gasteiger partial charge < -0.3 is 14.3 Å². The van der Waals surface area contributed by atoms with E-state index in [2.05, 4.69) is 4.74 Å². The number of rotatable bonds is 4. The van der Waals surface area contributed by atoms with E-state index < -0.39 is 12.0 Å². The fourth-order valence-electron chi connectivity index (χ4n) is 1.88. The third-order valence-electron chi connectivity index (χ3n) is 2.85. The van der Waals surface area contributed by atoms with Crippen LogP contribution in [-0.2, 0) is 12.0 Å². The Labute approximate surface area is 113 Å². The second-order valence-electron chi connectivity index (χ2n) is 4.65. The zero-order valence-corrected chi connectivity index (χ0v) is 10.6. The molecule has 2 rings (SSSR count). The molecule has 108 valence electrons. The van der Waals surface area contributed by atoms with Gasteiger partial charge in [0.1, 0.15) is 5.75 Å². The van der Waals surface area contributed by atoms with Crippen LogP contribution in [0, 0.1) is 0 Å². The molecule has 0 saturated heterocycles. The predicted octanol–water partition coefficient (Wildman–Crippen LogP) is 3.63. The first-order valence-corrected chi connectivity index (χ1v) is 5.86. The van der Waals surface area contributed by atoms with Crippen molar-refractivity contribution in [2.24, 2.45) is 0 Å². The van der Waals surface area contributed by atoms with Gasteiger partial charge in [0.15, 0.2) is 0 Å². The zero-order valence-electron chi connectivity index (χ0n) is 10.6. The summed E-state index contributed by atoms with van der Waals surface area (Å²) in [4.78, 5) is 0. The molecule has 1 N–H and O–H groups in total. The lowest BCUT2D eigenvalue weighted by Gasteiger charge is -2.22. The first-order valence-electron chi connectivity index (χ1n) is 5.86. The first kappa shape index (κ1) is 14.5. The van der Waals surface area contributed by atoms with Crippen molar-refractivity contribution < 1.29 is 27.4 Å². The van der Waals surface area contributed by atoms with Gasteiger partial charge in [0, 0.05) is 12.0 Å². The second kappa shape index (κ2) is 5.20. The minimum absolute atomic E-state index is 0.249. The number of hydrogen-bond acceptors (Lipinski definition) is 3. The molecule has 1 heterocycles. The van der Waals surface area contributed by atoms with Gasteiger partial charge in [-0.2, -0.15) is 0 Å². The molecule has 0 fully saturated rings. The highest BCUT2D eigenvalue weighted by atomic mass is 19.4. The average molecular weight is 286 g/mol. The molecule has 0 saturated carbocycles. The van der Waals surface area contributed by atoms with Gasteiger partial charge in [-0.3, -0.25) is 0 Å². The van der Waals surface area contributed by atoms with Crippen molar-refractivity contribution in [3.63, 3.8) is 0 Å². The lowest BCUT2D eigenvalue weighted by molar-refractivity contribution is -0.274. The molecule has 0 radical (unpaired) electrons. The maximum Gasteiger partial charge on any atom is 0.573 e. The van der Waals surface area contributed by atoms with Crippen molar-refractivity contribution >= 4 is 0 Å². The van der Waals surface area contributed by atoms with Crippen LogP contribution in [0.5, 0.6) is 5.75 Å².